The monoisotopic (exact) mass is 234 g/mol. The third kappa shape index (κ3) is 4.25. The van der Waals surface area contributed by atoms with E-state index >= 15 is 0 Å². The van der Waals surface area contributed by atoms with Crippen LogP contribution in [0.5, 0.6) is 0 Å². The van der Waals surface area contributed by atoms with Crippen LogP contribution in [0.25, 0.3) is 0 Å². The Balaban J connectivity index is 2.84. The Morgan fingerprint density at radius 1 is 1.29 bits per heavy atom. The number of Topliss-reactive ketones (excluding diaryl/α,β-unsaturated/α-hetero) is 1. The van der Waals surface area contributed by atoms with E-state index < -0.39 is 0 Å². The van der Waals surface area contributed by atoms with E-state index in [1.54, 1.807) is 0 Å². The summed E-state index contributed by atoms with van der Waals surface area (Å²) in [6.45, 7) is 10.3. The van der Waals surface area contributed by atoms with Crippen LogP contribution in [0.2, 0.25) is 0 Å². The summed E-state index contributed by atoms with van der Waals surface area (Å²) in [7, 11) is 0. The third-order valence-corrected chi connectivity index (χ3v) is 2.73. The minimum absolute atomic E-state index is 0.190. The zero-order valence-corrected chi connectivity index (χ0v) is 11.5. The first-order chi connectivity index (χ1) is 7.83. The van der Waals surface area contributed by atoms with Crippen molar-refractivity contribution in [1.29, 1.82) is 0 Å². The maximum atomic E-state index is 12.2. The first kappa shape index (κ1) is 13.8. The highest BCUT2D eigenvalue weighted by atomic mass is 16.1. The van der Waals surface area contributed by atoms with Crippen LogP contribution in [0.3, 0.4) is 0 Å². The second kappa shape index (κ2) is 5.39. The van der Waals surface area contributed by atoms with Crippen LogP contribution < -0.4 is 0 Å². The van der Waals surface area contributed by atoms with Crippen molar-refractivity contribution in [3.63, 3.8) is 0 Å². The third-order valence-electron chi connectivity index (χ3n) is 2.73. The van der Waals surface area contributed by atoms with E-state index in [1.807, 2.05) is 19.9 Å². The predicted molar refractivity (Wildman–Crippen MR) is 69.2 cm³/mol. The smallest absolute Gasteiger partial charge is 0.164 e. The lowest BCUT2D eigenvalue weighted by atomic mass is 9.88. The minimum atomic E-state index is 0.190. The maximum absolute atomic E-state index is 12.2. The zero-order chi connectivity index (χ0) is 13.1. The van der Waals surface area contributed by atoms with E-state index in [1.165, 1.54) is 0 Å². The van der Waals surface area contributed by atoms with Gasteiger partial charge in [0.2, 0.25) is 0 Å². The molecule has 0 unspecified atom stereocenters. The van der Waals surface area contributed by atoms with Gasteiger partial charge in [0.25, 0.3) is 0 Å². The first-order valence-electron chi connectivity index (χ1n) is 6.20. The molecule has 0 spiro atoms. The van der Waals surface area contributed by atoms with E-state index in [9.17, 15) is 4.79 Å². The normalized spacial score (nSPS) is 11.6. The quantitative estimate of drug-likeness (QED) is 0.750. The Labute approximate surface area is 104 Å². The Kier molecular flexibility index (Phi) is 4.38. The summed E-state index contributed by atoms with van der Waals surface area (Å²) in [4.78, 5) is 12.2. The molecule has 0 saturated carbocycles. The maximum Gasteiger partial charge on any atom is 0.164 e. The molecule has 3 heteroatoms. The van der Waals surface area contributed by atoms with Crippen LogP contribution in [0.4, 0.5) is 0 Å². The average Bonchev–Trinajstić information content (AvgIpc) is 2.25. The fourth-order valence-electron chi connectivity index (χ4n) is 1.64. The van der Waals surface area contributed by atoms with Gasteiger partial charge in [-0.05, 0) is 31.2 Å². The second-order valence-corrected chi connectivity index (χ2v) is 5.68. The summed E-state index contributed by atoms with van der Waals surface area (Å²) < 4.78 is 0. The minimum Gasteiger partial charge on any atom is -0.294 e. The van der Waals surface area contributed by atoms with E-state index in [4.69, 9.17) is 0 Å². The zero-order valence-electron chi connectivity index (χ0n) is 11.5. The summed E-state index contributed by atoms with van der Waals surface area (Å²) in [6.07, 6.45) is 2.24. The van der Waals surface area contributed by atoms with Gasteiger partial charge in [-0.1, -0.05) is 27.7 Å². The molecule has 3 nitrogen and oxygen atoms in total. The molecule has 94 valence electrons. The molecule has 0 fully saturated rings. The van der Waals surface area contributed by atoms with Crippen LogP contribution >= 0.6 is 0 Å². The largest absolute Gasteiger partial charge is 0.294 e. The number of hydrogen-bond acceptors (Lipinski definition) is 3. The highest BCUT2D eigenvalue weighted by Gasteiger charge is 2.17. The second-order valence-electron chi connectivity index (χ2n) is 5.68. The van der Waals surface area contributed by atoms with Crippen LogP contribution in [0.15, 0.2) is 6.07 Å². The molecule has 0 atom stereocenters. The average molecular weight is 234 g/mol. The topological polar surface area (TPSA) is 42.9 Å². The van der Waals surface area contributed by atoms with Crippen molar-refractivity contribution in [2.45, 2.75) is 53.9 Å². The molecule has 1 aromatic heterocycles. The molecule has 0 saturated heterocycles. The Bertz CT molecular complexity index is 405. The van der Waals surface area contributed by atoms with Crippen molar-refractivity contribution in [2.24, 2.45) is 5.41 Å². The molecule has 1 heterocycles. The van der Waals surface area contributed by atoms with E-state index in [0.29, 0.717) is 6.42 Å². The molecule has 1 aromatic rings. The predicted octanol–water partition coefficient (Wildman–Crippen LogP) is 3.36. The summed E-state index contributed by atoms with van der Waals surface area (Å²) in [5.74, 6) is 0.190. The van der Waals surface area contributed by atoms with Crippen molar-refractivity contribution in [3.05, 3.63) is 23.0 Å². The van der Waals surface area contributed by atoms with E-state index in [2.05, 4.69) is 31.0 Å². The fraction of sp³-hybridized carbons (Fsp3) is 0.643. The highest BCUT2D eigenvalue weighted by Crippen LogP contribution is 2.22. The summed E-state index contributed by atoms with van der Waals surface area (Å²) >= 11 is 0. The number of aryl methyl sites for hydroxylation is 2. The van der Waals surface area contributed by atoms with Crippen molar-refractivity contribution >= 4 is 5.78 Å². The SMILES string of the molecule is CCc1nnc(C)cc1C(=O)CCC(C)(C)C. The molecule has 17 heavy (non-hydrogen) atoms. The number of carbonyl (C=O) groups is 1. The molecule has 0 aliphatic rings. The van der Waals surface area contributed by atoms with Crippen LogP contribution in [-0.4, -0.2) is 16.0 Å². The van der Waals surface area contributed by atoms with Gasteiger partial charge in [0, 0.05) is 12.0 Å². The lowest BCUT2D eigenvalue weighted by Gasteiger charge is -2.17. The van der Waals surface area contributed by atoms with Gasteiger partial charge < -0.3 is 0 Å². The molecule has 0 aromatic carbocycles. The number of aromatic nitrogens is 2. The lowest BCUT2D eigenvalue weighted by molar-refractivity contribution is 0.0964. The number of rotatable bonds is 4. The number of nitrogens with zero attached hydrogens (tertiary/aromatic N) is 2. The van der Waals surface area contributed by atoms with Crippen LogP contribution in [0.1, 0.15) is 62.3 Å². The molecule has 0 aliphatic carbocycles. The van der Waals surface area contributed by atoms with Gasteiger partial charge >= 0.3 is 0 Å². The van der Waals surface area contributed by atoms with Gasteiger partial charge in [-0.2, -0.15) is 10.2 Å². The first-order valence-corrected chi connectivity index (χ1v) is 6.20. The molecule has 0 amide bonds. The van der Waals surface area contributed by atoms with Crippen molar-refractivity contribution in [1.82, 2.24) is 10.2 Å². The van der Waals surface area contributed by atoms with E-state index in [0.717, 1.165) is 29.8 Å². The van der Waals surface area contributed by atoms with Gasteiger partial charge in [-0.3, -0.25) is 4.79 Å². The van der Waals surface area contributed by atoms with Gasteiger partial charge in [0.15, 0.2) is 5.78 Å². The van der Waals surface area contributed by atoms with Crippen molar-refractivity contribution in [2.75, 3.05) is 0 Å². The number of hydrogen-bond donors (Lipinski definition) is 0. The lowest BCUT2D eigenvalue weighted by Crippen LogP contribution is -2.12. The molecule has 1 rings (SSSR count). The Morgan fingerprint density at radius 3 is 2.47 bits per heavy atom. The Morgan fingerprint density at radius 2 is 1.94 bits per heavy atom. The van der Waals surface area contributed by atoms with Crippen LogP contribution in [0, 0.1) is 12.3 Å². The van der Waals surface area contributed by atoms with Gasteiger partial charge in [-0.25, -0.2) is 0 Å². The van der Waals surface area contributed by atoms with Crippen molar-refractivity contribution < 1.29 is 4.79 Å². The van der Waals surface area contributed by atoms with Gasteiger partial charge in [0.05, 0.1) is 11.4 Å². The van der Waals surface area contributed by atoms with Gasteiger partial charge in [-0.15, -0.1) is 0 Å². The number of ketones is 1. The molecule has 0 N–H and O–H groups in total. The van der Waals surface area contributed by atoms with Crippen molar-refractivity contribution in [3.8, 4) is 0 Å². The Hall–Kier alpha value is -1.25. The molecule has 0 radical (unpaired) electrons. The fourth-order valence-corrected chi connectivity index (χ4v) is 1.64. The molecule has 0 aliphatic heterocycles. The molecule has 0 bridgehead atoms. The van der Waals surface area contributed by atoms with Gasteiger partial charge in [0.1, 0.15) is 0 Å². The molecular weight excluding hydrogens is 212 g/mol. The summed E-state index contributed by atoms with van der Waals surface area (Å²) in [5, 5.41) is 8.09. The summed E-state index contributed by atoms with van der Waals surface area (Å²) in [5.41, 5.74) is 2.57. The number of carbonyl (C=O) groups excluding carboxylic acids is 1. The summed E-state index contributed by atoms with van der Waals surface area (Å²) in [6, 6.07) is 1.86. The highest BCUT2D eigenvalue weighted by molar-refractivity contribution is 5.97. The molecular formula is C14H22N2O. The standard InChI is InChI=1S/C14H22N2O/c1-6-12-11(9-10(2)15-16-12)13(17)7-8-14(3,4)5/h9H,6-8H2,1-5H3. The van der Waals surface area contributed by atoms with Crippen LogP contribution in [-0.2, 0) is 6.42 Å². The van der Waals surface area contributed by atoms with E-state index in [-0.39, 0.29) is 11.2 Å².